The van der Waals surface area contributed by atoms with Gasteiger partial charge in [0.1, 0.15) is 0 Å². The number of allylic oxidation sites excluding steroid dienone is 1. The third kappa shape index (κ3) is 9.39. The third-order valence-corrected chi connectivity index (χ3v) is 2.42. The van der Waals surface area contributed by atoms with Crippen LogP contribution in [0.15, 0.2) is 12.7 Å². The largest absolute Gasteiger partial charge is 0.104 e. The van der Waals surface area contributed by atoms with Crippen LogP contribution < -0.4 is 0 Å². The van der Waals surface area contributed by atoms with E-state index in [9.17, 15) is 0 Å². The molecule has 0 heteroatoms. The molecule has 0 spiro atoms. The lowest BCUT2D eigenvalue weighted by atomic mass is 10.0. The summed E-state index contributed by atoms with van der Waals surface area (Å²) in [6, 6.07) is 0. The normalized spacial score (nSPS) is 11.6. The average Bonchev–Trinajstić information content (AvgIpc) is 2.21. The van der Waals surface area contributed by atoms with Crippen LogP contribution in [0.1, 0.15) is 58.8 Å². The smallest absolute Gasteiger partial charge is 0.00886 e. The van der Waals surface area contributed by atoms with Gasteiger partial charge in [0.25, 0.3) is 0 Å². The minimum absolute atomic E-state index is 0.690. The summed E-state index contributed by atoms with van der Waals surface area (Å²) in [4.78, 5) is 0. The molecule has 0 aromatic carbocycles. The highest BCUT2D eigenvalue weighted by Gasteiger charge is 1.95. The van der Waals surface area contributed by atoms with E-state index in [1.807, 2.05) is 6.08 Å². The Morgan fingerprint density at radius 3 is 2.50 bits per heavy atom. The second-order valence-corrected chi connectivity index (χ2v) is 3.87. The van der Waals surface area contributed by atoms with E-state index in [0.29, 0.717) is 5.92 Å². The Bertz CT molecular complexity index is 180. The second-order valence-electron chi connectivity index (χ2n) is 3.87. The molecule has 0 amide bonds. The molecule has 14 heavy (non-hydrogen) atoms. The standard InChI is InChI=1S/C14H24/c1-4-6-7-8-9-10-11-12-13-14(3)5-2/h5,14H,2,4,8-13H2,1,3H3. The predicted octanol–water partition coefficient (Wildman–Crippen LogP) is 4.56. The lowest BCUT2D eigenvalue weighted by molar-refractivity contribution is 0.556. The fourth-order valence-corrected chi connectivity index (χ4v) is 1.36. The van der Waals surface area contributed by atoms with Crippen molar-refractivity contribution in [3.05, 3.63) is 12.7 Å². The van der Waals surface area contributed by atoms with Crippen molar-refractivity contribution in [1.29, 1.82) is 0 Å². The van der Waals surface area contributed by atoms with Crippen molar-refractivity contribution in [3.63, 3.8) is 0 Å². The van der Waals surface area contributed by atoms with Crippen LogP contribution in [-0.2, 0) is 0 Å². The monoisotopic (exact) mass is 192 g/mol. The van der Waals surface area contributed by atoms with Gasteiger partial charge < -0.3 is 0 Å². The molecule has 0 fully saturated rings. The zero-order valence-corrected chi connectivity index (χ0v) is 9.81. The summed E-state index contributed by atoms with van der Waals surface area (Å²) in [6.45, 7) is 8.13. The molecule has 1 atom stereocenters. The lowest BCUT2D eigenvalue weighted by Crippen LogP contribution is -1.88. The summed E-state index contributed by atoms with van der Waals surface area (Å²) in [5.41, 5.74) is 0. The van der Waals surface area contributed by atoms with Gasteiger partial charge >= 0.3 is 0 Å². The van der Waals surface area contributed by atoms with E-state index < -0.39 is 0 Å². The van der Waals surface area contributed by atoms with E-state index >= 15 is 0 Å². The van der Waals surface area contributed by atoms with Crippen LogP contribution >= 0.6 is 0 Å². The Kier molecular flexibility index (Phi) is 9.86. The van der Waals surface area contributed by atoms with E-state index in [0.717, 1.165) is 12.8 Å². The van der Waals surface area contributed by atoms with Crippen molar-refractivity contribution in [2.24, 2.45) is 5.92 Å². The summed E-state index contributed by atoms with van der Waals surface area (Å²) >= 11 is 0. The fraction of sp³-hybridized carbons (Fsp3) is 0.714. The quantitative estimate of drug-likeness (QED) is 0.315. The van der Waals surface area contributed by atoms with Crippen LogP contribution in [-0.4, -0.2) is 0 Å². The first kappa shape index (κ1) is 13.3. The van der Waals surface area contributed by atoms with Crippen molar-refractivity contribution in [1.82, 2.24) is 0 Å². The lowest BCUT2D eigenvalue weighted by Gasteiger charge is -2.03. The van der Waals surface area contributed by atoms with Gasteiger partial charge in [0.15, 0.2) is 0 Å². The Morgan fingerprint density at radius 1 is 1.14 bits per heavy atom. The highest BCUT2D eigenvalue weighted by molar-refractivity contribution is 4.97. The number of rotatable bonds is 7. The van der Waals surface area contributed by atoms with Crippen LogP contribution in [0.2, 0.25) is 0 Å². The molecule has 1 unspecified atom stereocenters. The number of hydrogen-bond acceptors (Lipinski definition) is 0. The molecule has 80 valence electrons. The van der Waals surface area contributed by atoms with E-state index in [1.165, 1.54) is 32.1 Å². The van der Waals surface area contributed by atoms with Crippen molar-refractivity contribution in [2.45, 2.75) is 58.8 Å². The first-order valence-corrected chi connectivity index (χ1v) is 5.89. The summed E-state index contributed by atoms with van der Waals surface area (Å²) in [6.07, 6.45) is 10.7. The highest BCUT2D eigenvalue weighted by Crippen LogP contribution is 2.11. The molecule has 0 aliphatic heterocycles. The van der Waals surface area contributed by atoms with Gasteiger partial charge in [-0.05, 0) is 18.8 Å². The Morgan fingerprint density at radius 2 is 1.86 bits per heavy atom. The molecule has 0 aromatic heterocycles. The molecule has 0 nitrogen and oxygen atoms in total. The summed E-state index contributed by atoms with van der Waals surface area (Å²) in [5.74, 6) is 6.97. The molecule has 0 rings (SSSR count). The van der Waals surface area contributed by atoms with E-state index in [2.05, 4.69) is 32.3 Å². The average molecular weight is 192 g/mol. The topological polar surface area (TPSA) is 0 Å². The minimum atomic E-state index is 0.690. The number of unbranched alkanes of at least 4 members (excludes halogenated alkanes) is 4. The van der Waals surface area contributed by atoms with Crippen LogP contribution in [0.3, 0.4) is 0 Å². The van der Waals surface area contributed by atoms with Gasteiger partial charge in [-0.1, -0.05) is 39.2 Å². The van der Waals surface area contributed by atoms with Crippen LogP contribution in [0.25, 0.3) is 0 Å². The first-order chi connectivity index (χ1) is 6.81. The van der Waals surface area contributed by atoms with E-state index in [4.69, 9.17) is 0 Å². The van der Waals surface area contributed by atoms with Gasteiger partial charge in [-0.3, -0.25) is 0 Å². The molecule has 0 bridgehead atoms. The number of hydrogen-bond donors (Lipinski definition) is 0. The van der Waals surface area contributed by atoms with Crippen molar-refractivity contribution in [2.75, 3.05) is 0 Å². The maximum atomic E-state index is 3.79. The maximum absolute atomic E-state index is 3.79. The molecule has 0 heterocycles. The van der Waals surface area contributed by atoms with Gasteiger partial charge in [0, 0.05) is 12.8 Å². The Labute approximate surface area is 89.8 Å². The van der Waals surface area contributed by atoms with Gasteiger partial charge in [-0.2, -0.15) is 0 Å². The molecular formula is C14H24. The molecular weight excluding hydrogens is 168 g/mol. The van der Waals surface area contributed by atoms with Gasteiger partial charge in [0.2, 0.25) is 0 Å². The molecule has 0 aliphatic rings. The summed E-state index contributed by atoms with van der Waals surface area (Å²) in [7, 11) is 0. The first-order valence-electron chi connectivity index (χ1n) is 5.89. The van der Waals surface area contributed by atoms with Crippen LogP contribution in [0.5, 0.6) is 0 Å². The Hall–Kier alpha value is -0.700. The molecule has 0 saturated heterocycles. The second kappa shape index (κ2) is 10.4. The van der Waals surface area contributed by atoms with Gasteiger partial charge in [-0.25, -0.2) is 0 Å². The predicted molar refractivity (Wildman–Crippen MR) is 65.1 cm³/mol. The molecule has 0 aromatic rings. The van der Waals surface area contributed by atoms with Crippen molar-refractivity contribution in [3.8, 4) is 11.8 Å². The zero-order valence-electron chi connectivity index (χ0n) is 9.81. The van der Waals surface area contributed by atoms with Crippen LogP contribution in [0.4, 0.5) is 0 Å². The van der Waals surface area contributed by atoms with Gasteiger partial charge in [0.05, 0.1) is 0 Å². The molecule has 0 N–H and O–H groups in total. The van der Waals surface area contributed by atoms with Crippen molar-refractivity contribution >= 4 is 0 Å². The van der Waals surface area contributed by atoms with Crippen molar-refractivity contribution < 1.29 is 0 Å². The zero-order chi connectivity index (χ0) is 10.6. The van der Waals surface area contributed by atoms with E-state index in [1.54, 1.807) is 0 Å². The highest BCUT2D eigenvalue weighted by atomic mass is 14.0. The molecule has 0 radical (unpaired) electrons. The van der Waals surface area contributed by atoms with E-state index in [-0.39, 0.29) is 0 Å². The maximum Gasteiger partial charge on any atom is 0.00886 e. The van der Waals surface area contributed by atoms with Crippen LogP contribution in [0, 0.1) is 17.8 Å². The SMILES string of the molecule is C=CC(C)CCCCCCC#CCC. The summed E-state index contributed by atoms with van der Waals surface area (Å²) < 4.78 is 0. The molecule has 0 aliphatic carbocycles. The minimum Gasteiger partial charge on any atom is -0.104 e. The Balaban J connectivity index is 3.10. The van der Waals surface area contributed by atoms with Gasteiger partial charge in [-0.15, -0.1) is 18.4 Å². The summed E-state index contributed by atoms with van der Waals surface area (Å²) in [5, 5.41) is 0. The fourth-order valence-electron chi connectivity index (χ4n) is 1.36. The molecule has 0 saturated carbocycles. The third-order valence-electron chi connectivity index (χ3n) is 2.42.